The van der Waals surface area contributed by atoms with Gasteiger partial charge in [-0.05, 0) is 33.8 Å². The predicted octanol–water partition coefficient (Wildman–Crippen LogP) is 1.89. The van der Waals surface area contributed by atoms with Crippen molar-refractivity contribution in [2.45, 2.75) is 33.7 Å². The molecular formula is C11H17N3O. The first-order valence-electron chi connectivity index (χ1n) is 4.97. The summed E-state index contributed by atoms with van der Waals surface area (Å²) in [4.78, 5) is 14.1. The second-order valence-corrected chi connectivity index (χ2v) is 3.99. The van der Waals surface area contributed by atoms with Crippen molar-refractivity contribution in [3.05, 3.63) is 27.7 Å². The van der Waals surface area contributed by atoms with Crippen LogP contribution in [0.4, 0.5) is 5.69 Å². The lowest BCUT2D eigenvalue weighted by Gasteiger charge is -2.14. The Balaban J connectivity index is 3.28. The lowest BCUT2D eigenvalue weighted by Crippen LogP contribution is -2.20. The average molecular weight is 207 g/mol. The first-order valence-corrected chi connectivity index (χ1v) is 4.97. The van der Waals surface area contributed by atoms with Crippen LogP contribution < -0.4 is 10.9 Å². The quantitative estimate of drug-likeness (QED) is 0.662. The zero-order chi connectivity index (χ0) is 11.6. The minimum atomic E-state index is -0.133. The highest BCUT2D eigenvalue weighted by Gasteiger charge is 2.08. The summed E-state index contributed by atoms with van der Waals surface area (Å²) < 4.78 is 0. The summed E-state index contributed by atoms with van der Waals surface area (Å²) >= 11 is 0. The van der Waals surface area contributed by atoms with E-state index in [0.29, 0.717) is 17.0 Å². The summed E-state index contributed by atoms with van der Waals surface area (Å²) in [6.45, 7) is 7.45. The van der Waals surface area contributed by atoms with Crippen LogP contribution in [0.25, 0.3) is 0 Å². The number of pyridine rings is 1. The van der Waals surface area contributed by atoms with E-state index in [2.05, 4.69) is 10.3 Å². The van der Waals surface area contributed by atoms with E-state index < -0.39 is 0 Å². The van der Waals surface area contributed by atoms with Gasteiger partial charge in [-0.2, -0.15) is 0 Å². The maximum atomic E-state index is 11.4. The van der Waals surface area contributed by atoms with Gasteiger partial charge in [0, 0.05) is 11.6 Å². The van der Waals surface area contributed by atoms with Gasteiger partial charge in [0.2, 0.25) is 0 Å². The van der Waals surface area contributed by atoms with Crippen LogP contribution in [0, 0.1) is 12.3 Å². The molecule has 0 aliphatic heterocycles. The van der Waals surface area contributed by atoms with Crippen molar-refractivity contribution in [1.29, 1.82) is 5.41 Å². The fraction of sp³-hybridized carbons (Fsp3) is 0.455. The molecule has 0 saturated heterocycles. The summed E-state index contributed by atoms with van der Waals surface area (Å²) in [6.07, 6.45) is 0. The lowest BCUT2D eigenvalue weighted by molar-refractivity contribution is 0.894. The van der Waals surface area contributed by atoms with Crippen LogP contribution >= 0.6 is 0 Å². The molecule has 15 heavy (non-hydrogen) atoms. The minimum absolute atomic E-state index is 0.133. The SMILES string of the molecule is CC(=N)c1[nH]c(=O)c(C)cc1NC(C)C. The molecule has 3 N–H and O–H groups in total. The first-order chi connectivity index (χ1) is 6.91. The van der Waals surface area contributed by atoms with Gasteiger partial charge >= 0.3 is 0 Å². The monoisotopic (exact) mass is 207 g/mol. The number of H-pyrrole nitrogens is 1. The summed E-state index contributed by atoms with van der Waals surface area (Å²) in [5.74, 6) is 0. The molecule has 0 spiro atoms. The third-order valence-electron chi connectivity index (χ3n) is 2.05. The highest BCUT2D eigenvalue weighted by atomic mass is 16.1. The van der Waals surface area contributed by atoms with Crippen molar-refractivity contribution in [3.63, 3.8) is 0 Å². The number of anilines is 1. The Morgan fingerprint density at radius 3 is 2.60 bits per heavy atom. The van der Waals surface area contributed by atoms with Crippen LogP contribution in [-0.2, 0) is 0 Å². The molecule has 1 heterocycles. The zero-order valence-electron chi connectivity index (χ0n) is 9.56. The highest BCUT2D eigenvalue weighted by Crippen LogP contribution is 2.14. The Kier molecular flexibility index (Phi) is 3.29. The van der Waals surface area contributed by atoms with Gasteiger partial charge in [0.05, 0.1) is 17.1 Å². The molecule has 0 saturated carbocycles. The summed E-state index contributed by atoms with van der Waals surface area (Å²) in [5.41, 5.74) is 2.26. The molecule has 0 amide bonds. The van der Waals surface area contributed by atoms with Crippen molar-refractivity contribution in [2.75, 3.05) is 5.32 Å². The Morgan fingerprint density at radius 1 is 1.53 bits per heavy atom. The first kappa shape index (κ1) is 11.5. The fourth-order valence-electron chi connectivity index (χ4n) is 1.35. The number of hydrogen-bond donors (Lipinski definition) is 3. The van der Waals surface area contributed by atoms with E-state index in [1.54, 1.807) is 19.9 Å². The van der Waals surface area contributed by atoms with Gasteiger partial charge in [0.25, 0.3) is 5.56 Å². The number of aromatic amines is 1. The normalized spacial score (nSPS) is 10.5. The molecule has 1 aromatic rings. The molecule has 0 bridgehead atoms. The molecule has 4 nitrogen and oxygen atoms in total. The van der Waals surface area contributed by atoms with Crippen LogP contribution in [0.5, 0.6) is 0 Å². The molecule has 0 fully saturated rings. The zero-order valence-corrected chi connectivity index (χ0v) is 9.56. The number of aromatic nitrogens is 1. The summed E-state index contributed by atoms with van der Waals surface area (Å²) in [6, 6.07) is 2.06. The van der Waals surface area contributed by atoms with Crippen molar-refractivity contribution in [1.82, 2.24) is 4.98 Å². The molecule has 0 aliphatic rings. The molecular weight excluding hydrogens is 190 g/mol. The molecule has 0 aliphatic carbocycles. The van der Waals surface area contributed by atoms with Crippen molar-refractivity contribution in [2.24, 2.45) is 0 Å². The maximum absolute atomic E-state index is 11.4. The van der Waals surface area contributed by atoms with Crippen LogP contribution in [0.1, 0.15) is 32.0 Å². The number of hydrogen-bond acceptors (Lipinski definition) is 3. The molecule has 0 unspecified atom stereocenters. The van der Waals surface area contributed by atoms with Gasteiger partial charge in [-0.25, -0.2) is 0 Å². The Bertz CT molecular complexity index is 432. The van der Waals surface area contributed by atoms with E-state index in [9.17, 15) is 4.79 Å². The predicted molar refractivity (Wildman–Crippen MR) is 63.1 cm³/mol. The van der Waals surface area contributed by atoms with Crippen molar-refractivity contribution < 1.29 is 0 Å². The van der Waals surface area contributed by atoms with E-state index in [1.807, 2.05) is 13.8 Å². The molecule has 4 heteroatoms. The topological polar surface area (TPSA) is 68.7 Å². The van der Waals surface area contributed by atoms with Crippen LogP contribution in [0.2, 0.25) is 0 Å². The van der Waals surface area contributed by atoms with Gasteiger partial charge in [0.1, 0.15) is 0 Å². The van der Waals surface area contributed by atoms with E-state index >= 15 is 0 Å². The fourth-order valence-corrected chi connectivity index (χ4v) is 1.35. The average Bonchev–Trinajstić information content (AvgIpc) is 2.09. The molecule has 0 radical (unpaired) electrons. The van der Waals surface area contributed by atoms with E-state index in [4.69, 9.17) is 5.41 Å². The van der Waals surface area contributed by atoms with Crippen molar-refractivity contribution in [3.8, 4) is 0 Å². The van der Waals surface area contributed by atoms with Gasteiger partial charge in [0.15, 0.2) is 0 Å². The third-order valence-corrected chi connectivity index (χ3v) is 2.05. The number of aryl methyl sites for hydroxylation is 1. The van der Waals surface area contributed by atoms with Gasteiger partial charge < -0.3 is 15.7 Å². The largest absolute Gasteiger partial charge is 0.381 e. The maximum Gasteiger partial charge on any atom is 0.251 e. The molecule has 1 aromatic heterocycles. The lowest BCUT2D eigenvalue weighted by atomic mass is 10.1. The Labute approximate surface area is 89.2 Å². The molecule has 82 valence electrons. The van der Waals surface area contributed by atoms with Crippen molar-refractivity contribution >= 4 is 11.4 Å². The number of nitrogens with one attached hydrogen (secondary N) is 3. The second kappa shape index (κ2) is 4.29. The third kappa shape index (κ3) is 2.68. The second-order valence-electron chi connectivity index (χ2n) is 3.99. The van der Waals surface area contributed by atoms with Crippen LogP contribution in [0.15, 0.2) is 10.9 Å². The van der Waals surface area contributed by atoms with Crippen LogP contribution in [-0.4, -0.2) is 16.7 Å². The van der Waals surface area contributed by atoms with Gasteiger partial charge in [-0.1, -0.05) is 0 Å². The molecule has 1 rings (SSSR count). The Morgan fingerprint density at radius 2 is 2.13 bits per heavy atom. The van der Waals surface area contributed by atoms with E-state index in [0.717, 1.165) is 5.69 Å². The summed E-state index contributed by atoms with van der Waals surface area (Å²) in [7, 11) is 0. The standard InChI is InChI=1S/C11H17N3O/c1-6(2)13-9-5-7(3)11(15)14-10(9)8(4)12/h5-6,12-13H,1-4H3,(H,14,15). The van der Waals surface area contributed by atoms with Crippen LogP contribution in [0.3, 0.4) is 0 Å². The number of rotatable bonds is 3. The summed E-state index contributed by atoms with van der Waals surface area (Å²) in [5, 5.41) is 10.8. The van der Waals surface area contributed by atoms with Gasteiger partial charge in [-0.15, -0.1) is 0 Å². The Hall–Kier alpha value is -1.58. The minimum Gasteiger partial charge on any atom is -0.381 e. The highest BCUT2D eigenvalue weighted by molar-refractivity contribution is 5.99. The molecule has 0 atom stereocenters. The smallest absolute Gasteiger partial charge is 0.251 e. The van der Waals surface area contributed by atoms with E-state index in [-0.39, 0.29) is 11.6 Å². The molecule has 0 aromatic carbocycles. The van der Waals surface area contributed by atoms with Gasteiger partial charge in [-0.3, -0.25) is 4.79 Å². The van der Waals surface area contributed by atoms with E-state index in [1.165, 1.54) is 0 Å².